The van der Waals surface area contributed by atoms with Gasteiger partial charge in [-0.2, -0.15) is 17.5 Å². The lowest BCUT2D eigenvalue weighted by Gasteiger charge is -2.34. The van der Waals surface area contributed by atoms with E-state index in [-0.39, 0.29) is 40.8 Å². The number of alkyl halides is 3. The maximum absolute atomic E-state index is 13.2. The maximum atomic E-state index is 13.2. The van der Waals surface area contributed by atoms with Gasteiger partial charge in [0.2, 0.25) is 10.0 Å². The molecule has 0 saturated carbocycles. The van der Waals surface area contributed by atoms with Crippen molar-refractivity contribution in [2.45, 2.75) is 37.1 Å². The first-order valence-electron chi connectivity index (χ1n) is 10.4. The number of carbonyl (C=O) groups excluding carboxylic acids is 2. The molecule has 1 saturated heterocycles. The van der Waals surface area contributed by atoms with Gasteiger partial charge >= 0.3 is 12.1 Å². The first-order valence-corrected chi connectivity index (χ1v) is 12.2. The van der Waals surface area contributed by atoms with Crippen LogP contribution in [0.3, 0.4) is 0 Å². The van der Waals surface area contributed by atoms with Crippen LogP contribution in [-0.2, 0) is 30.5 Å². The molecule has 2 unspecified atom stereocenters. The van der Waals surface area contributed by atoms with Crippen molar-refractivity contribution >= 4 is 39.2 Å². The fourth-order valence-electron chi connectivity index (χ4n) is 3.52. The van der Waals surface area contributed by atoms with Crippen LogP contribution in [0.25, 0.3) is 0 Å². The van der Waals surface area contributed by atoms with E-state index in [1.165, 1.54) is 28.6 Å². The summed E-state index contributed by atoms with van der Waals surface area (Å²) in [4.78, 5) is 24.4. The molecule has 2 aromatic carbocycles. The summed E-state index contributed by atoms with van der Waals surface area (Å²) in [6.45, 7) is 2.89. The van der Waals surface area contributed by atoms with Gasteiger partial charge in [-0.25, -0.2) is 13.2 Å². The van der Waals surface area contributed by atoms with Gasteiger partial charge in [-0.3, -0.25) is 4.79 Å². The van der Waals surface area contributed by atoms with Gasteiger partial charge in [0.25, 0.3) is 5.91 Å². The molecule has 0 radical (unpaired) electrons. The average Bonchev–Trinajstić information content (AvgIpc) is 2.77. The second kappa shape index (κ2) is 10.5. The van der Waals surface area contributed by atoms with Crippen molar-refractivity contribution in [3.8, 4) is 0 Å². The molecule has 8 nitrogen and oxygen atoms in total. The standard InChI is InChI=1S/C22H22ClF3N2O6S/c1-13-10-28(11-14(2)34-13)35(31,32)17-5-3-4-15(8-17)21(30)33-12-20(29)27-19-7-6-16(23)9-18(19)22(24,25)26/h3-9,13-14H,10-12H2,1-2H3,(H,27,29). The van der Waals surface area contributed by atoms with Crippen molar-refractivity contribution in [1.29, 1.82) is 0 Å². The number of anilines is 1. The third-order valence-corrected chi connectivity index (χ3v) is 7.05. The van der Waals surface area contributed by atoms with Crippen molar-refractivity contribution in [3.63, 3.8) is 0 Å². The smallest absolute Gasteiger partial charge is 0.418 e. The lowest BCUT2D eigenvalue weighted by Crippen LogP contribution is -2.48. The molecular formula is C22H22ClF3N2O6S. The molecule has 0 aromatic heterocycles. The largest absolute Gasteiger partial charge is 0.452 e. The second-order valence-electron chi connectivity index (χ2n) is 7.92. The van der Waals surface area contributed by atoms with E-state index < -0.39 is 45.9 Å². The molecular weight excluding hydrogens is 513 g/mol. The number of carbonyl (C=O) groups is 2. The number of hydrogen-bond acceptors (Lipinski definition) is 6. The van der Waals surface area contributed by atoms with Crippen LogP contribution < -0.4 is 5.32 Å². The van der Waals surface area contributed by atoms with Crippen LogP contribution in [0.2, 0.25) is 5.02 Å². The number of esters is 1. The summed E-state index contributed by atoms with van der Waals surface area (Å²) in [6.07, 6.45) is -5.39. The Bertz CT molecular complexity index is 1210. The highest BCUT2D eigenvalue weighted by atomic mass is 35.5. The molecule has 1 amide bonds. The van der Waals surface area contributed by atoms with Crippen LogP contribution in [0.5, 0.6) is 0 Å². The summed E-state index contributed by atoms with van der Waals surface area (Å²) in [5.74, 6) is -2.04. The van der Waals surface area contributed by atoms with Gasteiger partial charge in [-0.1, -0.05) is 17.7 Å². The quantitative estimate of drug-likeness (QED) is 0.563. The summed E-state index contributed by atoms with van der Waals surface area (Å²) < 4.78 is 77.2. The number of amides is 1. The molecule has 1 fully saturated rings. The SMILES string of the molecule is CC1CN(S(=O)(=O)c2cccc(C(=O)OCC(=O)Nc3ccc(Cl)cc3C(F)(F)F)c2)CC(C)O1. The van der Waals surface area contributed by atoms with Crippen LogP contribution in [0, 0.1) is 0 Å². The minimum atomic E-state index is -4.77. The van der Waals surface area contributed by atoms with Gasteiger partial charge in [0.05, 0.1) is 33.9 Å². The van der Waals surface area contributed by atoms with E-state index in [9.17, 15) is 31.2 Å². The number of morpholine rings is 1. The Hall–Kier alpha value is -2.67. The van der Waals surface area contributed by atoms with E-state index in [0.29, 0.717) is 6.07 Å². The van der Waals surface area contributed by atoms with E-state index in [0.717, 1.165) is 12.1 Å². The maximum Gasteiger partial charge on any atom is 0.418 e. The predicted molar refractivity (Wildman–Crippen MR) is 121 cm³/mol. The number of ether oxygens (including phenoxy) is 2. The van der Waals surface area contributed by atoms with Gasteiger partial charge in [0.1, 0.15) is 0 Å². The highest BCUT2D eigenvalue weighted by molar-refractivity contribution is 7.89. The summed E-state index contributed by atoms with van der Waals surface area (Å²) in [7, 11) is -3.93. The average molecular weight is 535 g/mol. The third kappa shape index (κ3) is 6.72. The Labute approximate surface area is 205 Å². The molecule has 0 aliphatic carbocycles. The zero-order valence-corrected chi connectivity index (χ0v) is 20.2. The van der Waals surface area contributed by atoms with E-state index in [2.05, 4.69) is 0 Å². The van der Waals surface area contributed by atoms with E-state index >= 15 is 0 Å². The summed E-state index contributed by atoms with van der Waals surface area (Å²) >= 11 is 5.60. The van der Waals surface area contributed by atoms with Crippen molar-refractivity contribution < 1.29 is 40.7 Å². The lowest BCUT2D eigenvalue weighted by molar-refractivity contribution is -0.137. The Morgan fingerprint density at radius 1 is 1.14 bits per heavy atom. The number of halogens is 4. The first-order chi connectivity index (χ1) is 16.3. The van der Waals surface area contributed by atoms with Gasteiger partial charge < -0.3 is 14.8 Å². The van der Waals surface area contributed by atoms with E-state index in [1.807, 2.05) is 5.32 Å². The summed E-state index contributed by atoms with van der Waals surface area (Å²) in [5, 5.41) is 1.86. The molecule has 3 rings (SSSR count). The van der Waals surface area contributed by atoms with Crippen molar-refractivity contribution in [2.24, 2.45) is 0 Å². The van der Waals surface area contributed by atoms with Crippen molar-refractivity contribution in [3.05, 3.63) is 58.6 Å². The molecule has 190 valence electrons. The number of rotatable bonds is 6. The third-order valence-electron chi connectivity index (χ3n) is 4.99. The van der Waals surface area contributed by atoms with Gasteiger partial charge in [0, 0.05) is 18.1 Å². The minimum Gasteiger partial charge on any atom is -0.452 e. The first kappa shape index (κ1) is 26.9. The zero-order chi connectivity index (χ0) is 26.0. The number of hydrogen-bond donors (Lipinski definition) is 1. The number of benzene rings is 2. The molecule has 35 heavy (non-hydrogen) atoms. The van der Waals surface area contributed by atoms with Crippen molar-refractivity contribution in [2.75, 3.05) is 25.0 Å². The van der Waals surface area contributed by atoms with E-state index in [1.54, 1.807) is 13.8 Å². The zero-order valence-electron chi connectivity index (χ0n) is 18.6. The van der Waals surface area contributed by atoms with Crippen LogP contribution >= 0.6 is 11.6 Å². The van der Waals surface area contributed by atoms with Crippen LogP contribution in [0.1, 0.15) is 29.8 Å². The van der Waals surface area contributed by atoms with Gasteiger partial charge in [-0.05, 0) is 50.2 Å². The van der Waals surface area contributed by atoms with Gasteiger partial charge in [0.15, 0.2) is 6.61 Å². The molecule has 0 spiro atoms. The topological polar surface area (TPSA) is 102 Å². The second-order valence-corrected chi connectivity index (χ2v) is 10.3. The van der Waals surface area contributed by atoms with Crippen molar-refractivity contribution in [1.82, 2.24) is 4.31 Å². The summed E-state index contributed by atoms with van der Waals surface area (Å²) in [5.41, 5.74) is -1.85. The Kier molecular flexibility index (Phi) is 8.10. The molecule has 2 atom stereocenters. The number of nitrogens with zero attached hydrogens (tertiary/aromatic N) is 1. The summed E-state index contributed by atoms with van der Waals surface area (Å²) in [6, 6.07) is 7.88. The normalized spacial score (nSPS) is 19.3. The molecule has 1 N–H and O–H groups in total. The lowest BCUT2D eigenvalue weighted by atomic mass is 10.1. The molecule has 13 heteroatoms. The molecule has 2 aromatic rings. The molecule has 1 aliphatic heterocycles. The van der Waals surface area contributed by atoms with Gasteiger partial charge in [-0.15, -0.1) is 0 Å². The van der Waals surface area contributed by atoms with E-state index in [4.69, 9.17) is 21.1 Å². The molecule has 0 bridgehead atoms. The Balaban J connectivity index is 1.68. The molecule has 1 aliphatic rings. The highest BCUT2D eigenvalue weighted by Crippen LogP contribution is 2.36. The Morgan fingerprint density at radius 3 is 2.43 bits per heavy atom. The van der Waals surface area contributed by atoms with Crippen LogP contribution in [0.4, 0.5) is 18.9 Å². The monoisotopic (exact) mass is 534 g/mol. The minimum absolute atomic E-state index is 0.143. The Morgan fingerprint density at radius 2 is 1.80 bits per heavy atom. The predicted octanol–water partition coefficient (Wildman–Crippen LogP) is 3.95. The van der Waals surface area contributed by atoms with Crippen LogP contribution in [-0.4, -0.2) is 56.5 Å². The fraction of sp³-hybridized carbons (Fsp3) is 0.364. The number of sulfonamides is 1. The number of nitrogens with one attached hydrogen (secondary N) is 1. The molecule has 1 heterocycles. The highest BCUT2D eigenvalue weighted by Gasteiger charge is 2.35. The van der Waals surface area contributed by atoms with Crippen LogP contribution in [0.15, 0.2) is 47.4 Å². The fourth-order valence-corrected chi connectivity index (χ4v) is 5.33.